The van der Waals surface area contributed by atoms with Gasteiger partial charge in [0.1, 0.15) is 5.82 Å². The lowest BCUT2D eigenvalue weighted by Crippen LogP contribution is -2.42. The van der Waals surface area contributed by atoms with Crippen molar-refractivity contribution in [2.24, 2.45) is 5.73 Å². The molecule has 2 fully saturated rings. The molecule has 45 heavy (non-hydrogen) atoms. The van der Waals surface area contributed by atoms with Gasteiger partial charge < -0.3 is 30.6 Å². The van der Waals surface area contributed by atoms with Gasteiger partial charge in [-0.2, -0.15) is 0 Å². The van der Waals surface area contributed by atoms with Crippen LogP contribution in [0.5, 0.6) is 0 Å². The number of rotatable bonds is 12. The van der Waals surface area contributed by atoms with E-state index in [2.05, 4.69) is 57.7 Å². The Morgan fingerprint density at radius 3 is 2.47 bits per heavy atom. The summed E-state index contributed by atoms with van der Waals surface area (Å²) in [6, 6.07) is 24.4. The van der Waals surface area contributed by atoms with E-state index in [1.165, 1.54) is 0 Å². The van der Waals surface area contributed by atoms with E-state index in [0.717, 1.165) is 84.4 Å². The molecule has 0 spiro atoms. The number of fused-ring (bicyclic) bond motifs is 1. The fraction of sp³-hybridized carbons (Fsp3) is 0.417. The molecule has 6 rings (SSSR count). The third-order valence-corrected chi connectivity index (χ3v) is 8.83. The first-order chi connectivity index (χ1) is 22.0. The molecule has 9 heteroatoms. The van der Waals surface area contributed by atoms with Gasteiger partial charge in [0.25, 0.3) is 0 Å². The molecule has 2 aliphatic rings. The Kier molecular flexibility index (Phi) is 9.76. The van der Waals surface area contributed by atoms with Gasteiger partial charge in [0, 0.05) is 63.5 Å². The molecule has 236 valence electrons. The molecule has 1 aromatic heterocycles. The average Bonchev–Trinajstić information content (AvgIpc) is 3.79. The summed E-state index contributed by atoms with van der Waals surface area (Å²) in [6.07, 6.45) is 5.97. The Bertz CT molecular complexity index is 1600. The minimum atomic E-state index is -0.255. The van der Waals surface area contributed by atoms with Crippen molar-refractivity contribution in [3.05, 3.63) is 84.2 Å². The summed E-state index contributed by atoms with van der Waals surface area (Å²) in [5.41, 5.74) is 12.7. The summed E-state index contributed by atoms with van der Waals surface area (Å²) in [5.74, 6) is 1.38. The van der Waals surface area contributed by atoms with Crippen LogP contribution in [0.2, 0.25) is 0 Å². The number of carbonyl (C=O) groups is 2. The molecule has 1 saturated carbocycles. The number of nitrogens with two attached hydrogens (primary N) is 1. The van der Waals surface area contributed by atoms with Crippen LogP contribution in [0, 0.1) is 0 Å². The first kappa shape index (κ1) is 30.8. The summed E-state index contributed by atoms with van der Waals surface area (Å²) in [5, 5.41) is 5.82. The average molecular weight is 609 g/mol. The van der Waals surface area contributed by atoms with Crippen LogP contribution in [0.25, 0.3) is 22.2 Å². The zero-order valence-corrected chi connectivity index (χ0v) is 26.1. The number of anilines is 1. The van der Waals surface area contributed by atoms with Crippen LogP contribution in [0.1, 0.15) is 55.8 Å². The number of aromatic nitrogens is 2. The van der Waals surface area contributed by atoms with Crippen LogP contribution in [0.3, 0.4) is 0 Å². The lowest BCUT2D eigenvalue weighted by Gasteiger charge is -2.33. The highest BCUT2D eigenvalue weighted by atomic mass is 16.5. The second-order valence-electron chi connectivity index (χ2n) is 12.5. The van der Waals surface area contributed by atoms with Crippen LogP contribution < -0.4 is 16.4 Å². The number of likely N-dealkylation sites (tertiary alicyclic amines) is 1. The molecule has 4 N–H and O–H groups in total. The Morgan fingerprint density at radius 1 is 1.00 bits per heavy atom. The number of carbonyl (C=O) groups excluding carboxylic acids is 2. The lowest BCUT2D eigenvalue weighted by atomic mass is 9.95. The normalized spacial score (nSPS) is 17.3. The largest absolute Gasteiger partial charge is 0.385 e. The first-order valence-corrected chi connectivity index (χ1v) is 16.2. The number of nitrogens with one attached hydrogen (secondary N) is 2. The zero-order valence-electron chi connectivity index (χ0n) is 26.1. The predicted molar refractivity (Wildman–Crippen MR) is 178 cm³/mol. The molecule has 1 aliphatic carbocycles. The maximum absolute atomic E-state index is 13.4. The minimum absolute atomic E-state index is 0.116. The second kappa shape index (κ2) is 14.3. The van der Waals surface area contributed by atoms with Gasteiger partial charge in [-0.15, -0.1) is 0 Å². The van der Waals surface area contributed by atoms with Gasteiger partial charge in [-0.25, -0.2) is 9.78 Å². The molecule has 3 aromatic carbocycles. The highest BCUT2D eigenvalue weighted by molar-refractivity contribution is 5.90. The number of ether oxygens (including phenoxy) is 1. The Labute approximate surface area is 265 Å². The van der Waals surface area contributed by atoms with E-state index in [1.54, 1.807) is 7.11 Å². The van der Waals surface area contributed by atoms with Gasteiger partial charge in [0.05, 0.1) is 11.0 Å². The van der Waals surface area contributed by atoms with Crippen molar-refractivity contribution in [1.29, 1.82) is 0 Å². The fourth-order valence-corrected chi connectivity index (χ4v) is 6.31. The summed E-state index contributed by atoms with van der Waals surface area (Å²) >= 11 is 0. The number of nitrogens with zero attached hydrogens (tertiary/aromatic N) is 3. The van der Waals surface area contributed by atoms with Gasteiger partial charge in [-0.1, -0.05) is 48.5 Å². The van der Waals surface area contributed by atoms with Crippen molar-refractivity contribution >= 4 is 28.7 Å². The number of hydrogen-bond donors (Lipinski definition) is 3. The molecule has 1 saturated heterocycles. The van der Waals surface area contributed by atoms with Crippen molar-refractivity contribution in [1.82, 2.24) is 19.8 Å². The number of methoxy groups -OCH3 is 1. The fourth-order valence-electron chi connectivity index (χ4n) is 6.31. The molecule has 2 atom stereocenters. The number of para-hydroxylation sites is 2. The monoisotopic (exact) mass is 608 g/mol. The van der Waals surface area contributed by atoms with Gasteiger partial charge in [-0.3, -0.25) is 4.79 Å². The molecule has 3 amide bonds. The lowest BCUT2D eigenvalue weighted by molar-refractivity contribution is -0.132. The zero-order chi connectivity index (χ0) is 31.2. The van der Waals surface area contributed by atoms with Crippen LogP contribution in [0.15, 0.2) is 72.8 Å². The molecule has 2 heterocycles. The van der Waals surface area contributed by atoms with Gasteiger partial charge in [0.15, 0.2) is 0 Å². The van der Waals surface area contributed by atoms with Crippen molar-refractivity contribution < 1.29 is 14.3 Å². The number of piperidine rings is 1. The molecular weight excluding hydrogens is 564 g/mol. The topological polar surface area (TPSA) is 115 Å². The molecule has 4 aromatic rings. The van der Waals surface area contributed by atoms with Gasteiger partial charge >= 0.3 is 6.03 Å². The maximum atomic E-state index is 13.4. The molecule has 0 bridgehead atoms. The summed E-state index contributed by atoms with van der Waals surface area (Å²) in [6.45, 7) is 2.99. The van der Waals surface area contributed by atoms with Gasteiger partial charge in [0.2, 0.25) is 5.91 Å². The number of amides is 3. The number of aryl methyl sites for hydroxylation is 1. The number of urea groups is 1. The highest BCUT2D eigenvalue weighted by Gasteiger charge is 2.29. The Morgan fingerprint density at radius 2 is 1.73 bits per heavy atom. The van der Waals surface area contributed by atoms with E-state index < -0.39 is 0 Å². The van der Waals surface area contributed by atoms with Crippen molar-refractivity contribution in [2.45, 2.75) is 69.5 Å². The smallest absolute Gasteiger partial charge is 0.319 e. The van der Waals surface area contributed by atoms with E-state index in [-0.39, 0.29) is 23.9 Å². The quantitative estimate of drug-likeness (QED) is 0.179. The standard InChI is InChI=1S/C36H44N6O3/c1-45-21-5-20-42-33-8-3-2-7-32(33)40-35(42)28-6-4-19-41(24-28)34(43)23-29(37)22-25-9-11-26(12-10-25)27-13-15-30(16-14-27)38-36(44)39-31-17-18-31/h2-3,7-16,28-29,31H,4-6,17-24,37H2,1H3,(H2,38,39,44). The van der Waals surface area contributed by atoms with Crippen molar-refractivity contribution in [2.75, 3.05) is 32.1 Å². The van der Waals surface area contributed by atoms with Crippen LogP contribution >= 0.6 is 0 Å². The summed E-state index contributed by atoms with van der Waals surface area (Å²) in [4.78, 5) is 32.4. The number of imidazole rings is 1. The van der Waals surface area contributed by atoms with E-state index >= 15 is 0 Å². The van der Waals surface area contributed by atoms with Crippen molar-refractivity contribution in [3.63, 3.8) is 0 Å². The Balaban J connectivity index is 1.02. The molecule has 2 unspecified atom stereocenters. The number of hydrogen-bond acceptors (Lipinski definition) is 5. The third-order valence-electron chi connectivity index (χ3n) is 8.83. The van der Waals surface area contributed by atoms with Crippen LogP contribution in [-0.2, 0) is 22.5 Å². The number of benzene rings is 3. The third kappa shape index (κ3) is 7.90. The van der Waals surface area contributed by atoms with E-state index in [0.29, 0.717) is 32.0 Å². The minimum Gasteiger partial charge on any atom is -0.385 e. The van der Waals surface area contributed by atoms with Crippen LogP contribution in [0.4, 0.5) is 10.5 Å². The summed E-state index contributed by atoms with van der Waals surface area (Å²) in [7, 11) is 1.73. The molecule has 1 aliphatic heterocycles. The summed E-state index contributed by atoms with van der Waals surface area (Å²) < 4.78 is 7.63. The molecule has 9 nitrogen and oxygen atoms in total. The van der Waals surface area contributed by atoms with E-state index in [1.807, 2.05) is 35.2 Å². The second-order valence-corrected chi connectivity index (χ2v) is 12.5. The van der Waals surface area contributed by atoms with E-state index in [9.17, 15) is 9.59 Å². The molecular formula is C36H44N6O3. The van der Waals surface area contributed by atoms with Crippen molar-refractivity contribution in [3.8, 4) is 11.1 Å². The predicted octanol–water partition coefficient (Wildman–Crippen LogP) is 5.69. The molecule has 0 radical (unpaired) electrons. The van der Waals surface area contributed by atoms with Crippen LogP contribution in [-0.4, -0.2) is 65.3 Å². The highest BCUT2D eigenvalue weighted by Crippen LogP contribution is 2.30. The first-order valence-electron chi connectivity index (χ1n) is 16.2. The van der Waals surface area contributed by atoms with E-state index in [4.69, 9.17) is 15.5 Å². The SMILES string of the molecule is COCCCn1c(C2CCCN(C(=O)CC(N)Cc3ccc(-c4ccc(NC(=O)NC5CC5)cc4)cc3)C2)nc2ccccc21. The Hall–Kier alpha value is -4.21. The maximum Gasteiger partial charge on any atom is 0.319 e. The van der Waals surface area contributed by atoms with Gasteiger partial charge in [-0.05, 0) is 79.5 Å².